The van der Waals surface area contributed by atoms with Gasteiger partial charge in [-0.1, -0.05) is 150 Å². The zero-order valence-corrected chi connectivity index (χ0v) is 33.9. The fraction of sp³-hybridized carbons (Fsp3) is 0.333. The first-order valence-corrected chi connectivity index (χ1v) is 19.2. The van der Waals surface area contributed by atoms with Crippen LogP contribution in [-0.2, 0) is 21.7 Å². The van der Waals surface area contributed by atoms with E-state index in [0.29, 0.717) is 0 Å². The van der Waals surface area contributed by atoms with Gasteiger partial charge in [0.2, 0.25) is 0 Å². The third-order valence-corrected chi connectivity index (χ3v) is 10.9. The summed E-state index contributed by atoms with van der Waals surface area (Å²) in [5.41, 5.74) is 12.7. The van der Waals surface area contributed by atoms with Crippen LogP contribution in [0.25, 0.3) is 43.0 Å². The van der Waals surface area contributed by atoms with Gasteiger partial charge in [0.1, 0.15) is 10.8 Å². The van der Waals surface area contributed by atoms with Crippen LogP contribution in [-0.4, -0.2) is 16.3 Å². The molecule has 0 aliphatic carbocycles. The van der Waals surface area contributed by atoms with Gasteiger partial charge >= 0.3 is 0 Å². The Morgan fingerprint density at radius 2 is 1.17 bits per heavy atom. The third kappa shape index (κ3) is 7.78. The molecule has 4 heteroatoms. The van der Waals surface area contributed by atoms with Gasteiger partial charge in [-0.3, -0.25) is 4.99 Å². The van der Waals surface area contributed by atoms with Gasteiger partial charge in [0.15, 0.2) is 0 Å². The Morgan fingerprint density at radius 1 is 0.558 bits per heavy atom. The maximum Gasteiger partial charge on any atom is 0.128 e. The van der Waals surface area contributed by atoms with Crippen LogP contribution in [0.4, 0.5) is 5.69 Å². The number of nitrogens with zero attached hydrogens (tertiary/aromatic N) is 2. The minimum Gasteiger partial charge on any atom is -0.507 e. The van der Waals surface area contributed by atoms with Crippen LogP contribution < -0.4 is 0 Å². The van der Waals surface area contributed by atoms with E-state index in [4.69, 9.17) is 9.98 Å². The van der Waals surface area contributed by atoms with Gasteiger partial charge in [-0.2, -0.15) is 0 Å². The van der Waals surface area contributed by atoms with Crippen molar-refractivity contribution in [3.8, 4) is 38.6 Å². The highest BCUT2D eigenvalue weighted by Gasteiger charge is 2.25. The van der Waals surface area contributed by atoms with Crippen molar-refractivity contribution in [1.29, 1.82) is 0 Å². The fourth-order valence-corrected chi connectivity index (χ4v) is 7.54. The van der Waals surface area contributed by atoms with E-state index in [1.54, 1.807) is 11.3 Å². The third-order valence-electron chi connectivity index (χ3n) is 9.91. The molecule has 3 nitrogen and oxygen atoms in total. The maximum atomic E-state index is 11.4. The van der Waals surface area contributed by atoms with Gasteiger partial charge in [0.05, 0.1) is 15.9 Å². The Labute approximate surface area is 315 Å². The van der Waals surface area contributed by atoms with Crippen molar-refractivity contribution < 1.29 is 5.11 Å². The van der Waals surface area contributed by atoms with E-state index in [9.17, 15) is 5.11 Å². The highest BCUT2D eigenvalue weighted by atomic mass is 32.1. The lowest BCUT2D eigenvalue weighted by Crippen LogP contribution is -2.17. The number of hydrogen-bond donors (Lipinski definition) is 1. The molecule has 0 bridgehead atoms. The molecule has 0 atom stereocenters. The van der Waals surface area contributed by atoms with E-state index in [1.807, 2.05) is 24.4 Å². The number of aromatic hydroxyl groups is 1. The molecule has 5 aromatic carbocycles. The Bertz CT molecular complexity index is 2280. The van der Waals surface area contributed by atoms with Gasteiger partial charge in [0, 0.05) is 28.5 Å². The van der Waals surface area contributed by atoms with Crippen molar-refractivity contribution in [2.24, 2.45) is 4.99 Å². The van der Waals surface area contributed by atoms with E-state index >= 15 is 0 Å². The summed E-state index contributed by atoms with van der Waals surface area (Å²) in [7, 11) is 0. The summed E-state index contributed by atoms with van der Waals surface area (Å²) in [5, 5.41) is 12.4. The first kappa shape index (κ1) is 37.2. The van der Waals surface area contributed by atoms with Crippen LogP contribution >= 0.6 is 11.3 Å². The predicted octanol–water partition coefficient (Wildman–Crippen LogP) is 13.9. The van der Waals surface area contributed by atoms with Crippen molar-refractivity contribution in [2.75, 3.05) is 0 Å². The average Bonchev–Trinajstić information content (AvgIpc) is 3.50. The number of fused-ring (bicyclic) bond motifs is 1. The topological polar surface area (TPSA) is 45.5 Å². The number of benzene rings is 5. The molecule has 0 saturated carbocycles. The monoisotopic (exact) mass is 706 g/mol. The van der Waals surface area contributed by atoms with E-state index in [2.05, 4.69) is 162 Å². The summed E-state index contributed by atoms with van der Waals surface area (Å²) in [6.07, 6.45) is 1.81. The summed E-state index contributed by atoms with van der Waals surface area (Å²) in [5.74, 6) is 0.286. The van der Waals surface area contributed by atoms with Crippen LogP contribution in [0.5, 0.6) is 5.75 Å². The van der Waals surface area contributed by atoms with Gasteiger partial charge < -0.3 is 5.11 Å². The molecule has 0 unspecified atom stereocenters. The predicted molar refractivity (Wildman–Crippen MR) is 226 cm³/mol. The Hall–Kier alpha value is -4.54. The van der Waals surface area contributed by atoms with E-state index in [-0.39, 0.29) is 27.4 Å². The second-order valence-electron chi connectivity index (χ2n) is 18.3. The van der Waals surface area contributed by atoms with Crippen molar-refractivity contribution in [3.63, 3.8) is 0 Å². The summed E-state index contributed by atoms with van der Waals surface area (Å²) in [6.45, 7) is 26.6. The molecule has 1 heterocycles. The van der Waals surface area contributed by atoms with E-state index in [0.717, 1.165) is 48.7 Å². The van der Waals surface area contributed by atoms with Gasteiger partial charge in [-0.15, -0.1) is 11.3 Å². The number of thiazole rings is 1. The van der Waals surface area contributed by atoms with Crippen LogP contribution in [0.2, 0.25) is 0 Å². The molecule has 1 N–H and O–H groups in total. The minimum absolute atomic E-state index is 0.0296. The molecule has 52 heavy (non-hydrogen) atoms. The number of aliphatic imine (C=N–C) groups is 1. The highest BCUT2D eigenvalue weighted by molar-refractivity contribution is 7.21. The first-order chi connectivity index (χ1) is 24.2. The zero-order chi connectivity index (χ0) is 37.8. The average molecular weight is 707 g/mol. The van der Waals surface area contributed by atoms with E-state index < -0.39 is 0 Å². The molecule has 0 saturated heterocycles. The molecule has 0 fully saturated rings. The molecule has 0 radical (unpaired) electrons. The molecule has 0 spiro atoms. The molecule has 6 aromatic rings. The van der Waals surface area contributed by atoms with E-state index in [1.165, 1.54) is 27.8 Å². The fourth-order valence-electron chi connectivity index (χ4n) is 6.47. The molecule has 0 amide bonds. The number of para-hydroxylation sites is 1. The summed E-state index contributed by atoms with van der Waals surface area (Å²) in [6, 6.07) is 34.9. The SMILES string of the molecule is CC(C)(C)c1cccc(-c2ccc(-c3cc(C(C)(C)C)cc4sc(-c5ccccc5N=Cc5cc(C(C)(C)C)cc(C(C)(C)C)c5O)nc34)cc2)c1. The lowest BCUT2D eigenvalue weighted by molar-refractivity contribution is 0.444. The normalized spacial score (nSPS) is 13.0. The quantitative estimate of drug-likeness (QED) is 0.181. The lowest BCUT2D eigenvalue weighted by Gasteiger charge is -2.27. The van der Waals surface area contributed by atoms with Crippen LogP contribution in [0.1, 0.15) is 111 Å². The standard InChI is InChI=1S/C48H54N2OS/c1-45(2,3)34-17-15-16-32(24-34)30-20-22-31(23-21-30)38-26-36(47(7,8)9)28-41-42(38)50-44(52-41)37-18-13-14-19-40(37)49-29-33-25-35(46(4,5)6)27-39(43(33)51)48(10,11)12/h13-29,51H,1-12H3. The zero-order valence-electron chi connectivity index (χ0n) is 33.1. The summed E-state index contributed by atoms with van der Waals surface area (Å²) in [4.78, 5) is 10.3. The molecule has 1 aromatic heterocycles. The Morgan fingerprint density at radius 3 is 1.81 bits per heavy atom. The number of phenols is 1. The second-order valence-corrected chi connectivity index (χ2v) is 19.3. The highest BCUT2D eigenvalue weighted by Crippen LogP contribution is 2.43. The molecule has 6 rings (SSSR count). The number of phenolic OH excluding ortho intramolecular Hbond substituents is 1. The van der Waals surface area contributed by atoms with Crippen molar-refractivity contribution in [1.82, 2.24) is 4.98 Å². The van der Waals surface area contributed by atoms with Crippen molar-refractivity contribution in [2.45, 2.75) is 105 Å². The van der Waals surface area contributed by atoms with Gasteiger partial charge in [-0.25, -0.2) is 4.98 Å². The van der Waals surface area contributed by atoms with Crippen molar-refractivity contribution >= 4 is 33.5 Å². The Kier molecular flexibility index (Phi) is 9.64. The smallest absolute Gasteiger partial charge is 0.128 e. The maximum absolute atomic E-state index is 11.4. The number of rotatable bonds is 5. The van der Waals surface area contributed by atoms with Crippen LogP contribution in [0.15, 0.2) is 102 Å². The molecule has 268 valence electrons. The van der Waals surface area contributed by atoms with Crippen molar-refractivity contribution in [3.05, 3.63) is 125 Å². The molecule has 0 aliphatic heterocycles. The summed E-state index contributed by atoms with van der Waals surface area (Å²) < 4.78 is 1.16. The molecule has 0 aliphatic rings. The lowest BCUT2D eigenvalue weighted by atomic mass is 9.79. The first-order valence-electron chi connectivity index (χ1n) is 18.4. The van der Waals surface area contributed by atoms with Crippen LogP contribution in [0.3, 0.4) is 0 Å². The Balaban J connectivity index is 1.44. The minimum atomic E-state index is -0.214. The van der Waals surface area contributed by atoms with Gasteiger partial charge in [-0.05, 0) is 85.4 Å². The summed E-state index contributed by atoms with van der Waals surface area (Å²) >= 11 is 1.71. The van der Waals surface area contributed by atoms with Gasteiger partial charge in [0.25, 0.3) is 0 Å². The molecular formula is C48H54N2OS. The second kappa shape index (κ2) is 13.5. The number of aromatic nitrogens is 1. The number of hydrogen-bond acceptors (Lipinski definition) is 4. The molecular weight excluding hydrogens is 653 g/mol. The van der Waals surface area contributed by atoms with Crippen LogP contribution in [0, 0.1) is 0 Å². The largest absolute Gasteiger partial charge is 0.507 e.